The smallest absolute Gasteiger partial charge is 0.0438 e. The molecular formula is C14H22Cl2N2. The molecule has 0 aliphatic carbocycles. The van der Waals surface area contributed by atoms with Crippen molar-refractivity contribution in [3.63, 3.8) is 0 Å². The second kappa shape index (κ2) is 7.34. The van der Waals surface area contributed by atoms with Crippen LogP contribution in [0.3, 0.4) is 0 Å². The number of nitrogens with zero attached hydrogens (tertiary/aromatic N) is 1. The fraction of sp³-hybridized carbons (Fsp3) is 0.571. The summed E-state index contributed by atoms with van der Waals surface area (Å²) < 4.78 is 0. The van der Waals surface area contributed by atoms with Gasteiger partial charge in [0, 0.05) is 24.2 Å². The zero-order valence-electron chi connectivity index (χ0n) is 11.1. The van der Waals surface area contributed by atoms with Gasteiger partial charge in [0.15, 0.2) is 0 Å². The molecule has 1 aliphatic heterocycles. The van der Waals surface area contributed by atoms with Crippen molar-refractivity contribution < 1.29 is 0 Å². The van der Waals surface area contributed by atoms with Crippen LogP contribution in [0.5, 0.6) is 0 Å². The van der Waals surface area contributed by atoms with Gasteiger partial charge in [0.05, 0.1) is 0 Å². The van der Waals surface area contributed by atoms with Gasteiger partial charge in [-0.05, 0) is 50.6 Å². The minimum atomic E-state index is 0. The van der Waals surface area contributed by atoms with E-state index in [0.717, 1.165) is 23.7 Å². The fourth-order valence-corrected chi connectivity index (χ4v) is 2.63. The summed E-state index contributed by atoms with van der Waals surface area (Å²) in [6, 6.07) is 7.03. The summed E-state index contributed by atoms with van der Waals surface area (Å²) in [7, 11) is 2.05. The molecule has 2 nitrogen and oxygen atoms in total. The van der Waals surface area contributed by atoms with Gasteiger partial charge in [0.2, 0.25) is 0 Å². The van der Waals surface area contributed by atoms with E-state index in [4.69, 9.17) is 11.6 Å². The molecule has 0 radical (unpaired) electrons. The molecule has 1 aromatic rings. The number of likely N-dealkylation sites (tertiary alicyclic amines) is 1. The lowest BCUT2D eigenvalue weighted by molar-refractivity contribution is 0.188. The van der Waals surface area contributed by atoms with Crippen molar-refractivity contribution in [1.82, 2.24) is 10.2 Å². The quantitative estimate of drug-likeness (QED) is 0.919. The maximum atomic E-state index is 6.16. The third-order valence-electron chi connectivity index (χ3n) is 3.56. The Morgan fingerprint density at radius 1 is 1.44 bits per heavy atom. The maximum Gasteiger partial charge on any atom is 0.0438 e. The Hall–Kier alpha value is -0.280. The molecule has 1 fully saturated rings. The topological polar surface area (TPSA) is 15.3 Å². The number of piperidine rings is 1. The minimum absolute atomic E-state index is 0. The Labute approximate surface area is 121 Å². The normalized spacial score (nSPS) is 20.5. The van der Waals surface area contributed by atoms with Gasteiger partial charge >= 0.3 is 0 Å². The van der Waals surface area contributed by atoms with Crippen molar-refractivity contribution in [2.24, 2.45) is 0 Å². The van der Waals surface area contributed by atoms with Crippen LogP contribution in [0.25, 0.3) is 0 Å². The van der Waals surface area contributed by atoms with Crippen LogP contribution in [0.15, 0.2) is 18.2 Å². The summed E-state index contributed by atoms with van der Waals surface area (Å²) in [6.07, 6.45) is 2.58. The third-order valence-corrected chi connectivity index (χ3v) is 3.96. The Morgan fingerprint density at radius 2 is 2.22 bits per heavy atom. The second-order valence-corrected chi connectivity index (χ2v) is 5.35. The summed E-state index contributed by atoms with van der Waals surface area (Å²) in [6.45, 7) is 5.40. The first kappa shape index (κ1) is 15.8. The van der Waals surface area contributed by atoms with Crippen LogP contribution in [-0.4, -0.2) is 31.1 Å². The second-order valence-electron chi connectivity index (χ2n) is 4.95. The SMILES string of the molecule is CNC1CCCN(Cc2ccc(C)c(Cl)c2)C1.Cl. The number of benzene rings is 1. The lowest BCUT2D eigenvalue weighted by Crippen LogP contribution is -2.43. The average molecular weight is 289 g/mol. The molecule has 102 valence electrons. The number of aryl methyl sites for hydroxylation is 1. The molecule has 0 spiro atoms. The van der Waals surface area contributed by atoms with Crippen LogP contribution in [-0.2, 0) is 6.54 Å². The molecule has 1 heterocycles. The number of hydrogen-bond acceptors (Lipinski definition) is 2. The van der Waals surface area contributed by atoms with Crippen molar-refractivity contribution in [1.29, 1.82) is 0 Å². The number of hydrogen-bond donors (Lipinski definition) is 1. The molecular weight excluding hydrogens is 267 g/mol. The highest BCUT2D eigenvalue weighted by Crippen LogP contribution is 2.19. The number of likely N-dealkylation sites (N-methyl/N-ethyl adjacent to an activating group) is 1. The van der Waals surface area contributed by atoms with Gasteiger partial charge in [0.1, 0.15) is 0 Å². The first-order valence-corrected chi connectivity index (χ1v) is 6.71. The molecule has 1 atom stereocenters. The van der Waals surface area contributed by atoms with Gasteiger partial charge in [-0.1, -0.05) is 23.7 Å². The lowest BCUT2D eigenvalue weighted by atomic mass is 10.0. The first-order chi connectivity index (χ1) is 8.19. The predicted octanol–water partition coefficient (Wildman–Crippen LogP) is 3.25. The molecule has 0 bridgehead atoms. The van der Waals surface area contributed by atoms with E-state index in [-0.39, 0.29) is 12.4 Å². The average Bonchev–Trinajstić information content (AvgIpc) is 2.34. The molecule has 1 aromatic carbocycles. The van der Waals surface area contributed by atoms with Crippen LogP contribution in [0.4, 0.5) is 0 Å². The van der Waals surface area contributed by atoms with Crippen LogP contribution in [0, 0.1) is 6.92 Å². The van der Waals surface area contributed by atoms with Crippen molar-refractivity contribution in [2.75, 3.05) is 20.1 Å². The van der Waals surface area contributed by atoms with Crippen molar-refractivity contribution >= 4 is 24.0 Å². The zero-order chi connectivity index (χ0) is 12.3. The number of rotatable bonds is 3. The van der Waals surface area contributed by atoms with E-state index in [9.17, 15) is 0 Å². The Balaban J connectivity index is 0.00000162. The van der Waals surface area contributed by atoms with E-state index in [0.29, 0.717) is 6.04 Å². The summed E-state index contributed by atoms with van der Waals surface area (Å²) in [5.74, 6) is 0. The molecule has 18 heavy (non-hydrogen) atoms. The molecule has 1 N–H and O–H groups in total. The largest absolute Gasteiger partial charge is 0.316 e. The van der Waals surface area contributed by atoms with E-state index in [1.54, 1.807) is 0 Å². The predicted molar refractivity (Wildman–Crippen MR) is 80.8 cm³/mol. The highest BCUT2D eigenvalue weighted by Gasteiger charge is 2.18. The summed E-state index contributed by atoms with van der Waals surface area (Å²) in [5.41, 5.74) is 2.47. The monoisotopic (exact) mass is 288 g/mol. The molecule has 1 saturated heterocycles. The van der Waals surface area contributed by atoms with E-state index in [1.807, 2.05) is 6.92 Å². The third kappa shape index (κ3) is 4.13. The fourth-order valence-electron chi connectivity index (χ4n) is 2.43. The van der Waals surface area contributed by atoms with Crippen LogP contribution in [0.1, 0.15) is 24.0 Å². The molecule has 2 rings (SSSR count). The van der Waals surface area contributed by atoms with Gasteiger partial charge in [0.25, 0.3) is 0 Å². The van der Waals surface area contributed by atoms with Crippen molar-refractivity contribution in [2.45, 2.75) is 32.4 Å². The van der Waals surface area contributed by atoms with Crippen LogP contribution >= 0.6 is 24.0 Å². The van der Waals surface area contributed by atoms with E-state index < -0.39 is 0 Å². The molecule has 1 unspecified atom stereocenters. The van der Waals surface area contributed by atoms with Gasteiger partial charge in [-0.3, -0.25) is 4.90 Å². The van der Waals surface area contributed by atoms with Gasteiger partial charge in [-0.15, -0.1) is 12.4 Å². The Kier molecular flexibility index (Phi) is 6.44. The first-order valence-electron chi connectivity index (χ1n) is 6.33. The summed E-state index contributed by atoms with van der Waals surface area (Å²) >= 11 is 6.16. The van der Waals surface area contributed by atoms with Gasteiger partial charge in [-0.25, -0.2) is 0 Å². The number of halogens is 2. The molecule has 0 aromatic heterocycles. The van der Waals surface area contributed by atoms with E-state index in [2.05, 4.69) is 35.5 Å². The number of nitrogens with one attached hydrogen (secondary N) is 1. The molecule has 0 saturated carbocycles. The van der Waals surface area contributed by atoms with Crippen LogP contribution in [0.2, 0.25) is 5.02 Å². The van der Waals surface area contributed by atoms with Crippen molar-refractivity contribution in [3.05, 3.63) is 34.3 Å². The standard InChI is InChI=1S/C14H21ClN2.ClH/c1-11-5-6-12(8-14(11)15)9-17-7-3-4-13(10-17)16-2;/h5-6,8,13,16H,3-4,7,9-10H2,1-2H3;1H. The Morgan fingerprint density at radius 3 is 2.89 bits per heavy atom. The zero-order valence-corrected chi connectivity index (χ0v) is 12.7. The summed E-state index contributed by atoms with van der Waals surface area (Å²) in [5, 5.41) is 4.25. The lowest BCUT2D eigenvalue weighted by Gasteiger charge is -2.32. The molecule has 0 amide bonds. The van der Waals surface area contributed by atoms with E-state index in [1.165, 1.54) is 24.9 Å². The minimum Gasteiger partial charge on any atom is -0.316 e. The van der Waals surface area contributed by atoms with Gasteiger partial charge in [-0.2, -0.15) is 0 Å². The van der Waals surface area contributed by atoms with E-state index >= 15 is 0 Å². The highest BCUT2D eigenvalue weighted by atomic mass is 35.5. The maximum absolute atomic E-state index is 6.16. The highest BCUT2D eigenvalue weighted by molar-refractivity contribution is 6.31. The molecule has 4 heteroatoms. The van der Waals surface area contributed by atoms with Crippen LogP contribution < -0.4 is 5.32 Å². The van der Waals surface area contributed by atoms with Crippen molar-refractivity contribution in [3.8, 4) is 0 Å². The van der Waals surface area contributed by atoms with Gasteiger partial charge < -0.3 is 5.32 Å². The summed E-state index contributed by atoms with van der Waals surface area (Å²) in [4.78, 5) is 2.51. The molecule has 1 aliphatic rings. The Bertz CT molecular complexity index is 382.